The van der Waals surface area contributed by atoms with Gasteiger partial charge in [-0.15, -0.1) is 0 Å². The van der Waals surface area contributed by atoms with Crippen molar-refractivity contribution in [1.82, 2.24) is 9.55 Å². The minimum absolute atomic E-state index is 0.273. The first-order valence-electron chi connectivity index (χ1n) is 6.62. The predicted molar refractivity (Wildman–Crippen MR) is 78.0 cm³/mol. The number of aromatic hydroxyl groups is 1. The number of phenolic OH excluding ortho intramolecular Hbond substituents is 1. The molecule has 0 bridgehead atoms. The highest BCUT2D eigenvalue weighted by Gasteiger charge is 1.99. The van der Waals surface area contributed by atoms with Crippen molar-refractivity contribution in [3.63, 3.8) is 0 Å². The monoisotopic (exact) mass is 268 g/mol. The summed E-state index contributed by atoms with van der Waals surface area (Å²) in [6, 6.07) is 11.2. The van der Waals surface area contributed by atoms with Gasteiger partial charge in [0.1, 0.15) is 11.5 Å². The van der Waals surface area contributed by atoms with Crippen LogP contribution in [0.15, 0.2) is 55.1 Å². The van der Waals surface area contributed by atoms with Gasteiger partial charge in [0, 0.05) is 18.9 Å². The molecule has 0 fully saturated rings. The lowest BCUT2D eigenvalue weighted by Gasteiger charge is -2.08. The van der Waals surface area contributed by atoms with Crippen LogP contribution in [-0.2, 0) is 6.54 Å². The number of aromatic nitrogens is 2. The molecule has 0 unspecified atom stereocenters. The SMILES string of the molecule is Oc1ccc2ccc(OCCCn3ccnc3)cc2c1. The van der Waals surface area contributed by atoms with E-state index >= 15 is 0 Å². The molecule has 2 aromatic carbocycles. The average Bonchev–Trinajstić information content (AvgIpc) is 2.96. The Kier molecular flexibility index (Phi) is 3.54. The smallest absolute Gasteiger partial charge is 0.119 e. The topological polar surface area (TPSA) is 47.3 Å². The zero-order valence-electron chi connectivity index (χ0n) is 11.1. The van der Waals surface area contributed by atoms with Gasteiger partial charge in [0.15, 0.2) is 0 Å². The lowest BCUT2D eigenvalue weighted by molar-refractivity contribution is 0.302. The Balaban J connectivity index is 1.59. The van der Waals surface area contributed by atoms with Gasteiger partial charge in [-0.05, 0) is 41.5 Å². The van der Waals surface area contributed by atoms with E-state index in [1.165, 1.54) is 0 Å². The van der Waals surface area contributed by atoms with Crippen molar-refractivity contribution in [2.24, 2.45) is 0 Å². The number of nitrogens with zero attached hydrogens (tertiary/aromatic N) is 2. The Morgan fingerprint density at radius 1 is 1.10 bits per heavy atom. The second-order valence-electron chi connectivity index (χ2n) is 4.70. The van der Waals surface area contributed by atoms with Gasteiger partial charge in [0.2, 0.25) is 0 Å². The van der Waals surface area contributed by atoms with E-state index in [1.807, 2.05) is 35.0 Å². The van der Waals surface area contributed by atoms with Gasteiger partial charge in [-0.2, -0.15) is 0 Å². The number of rotatable bonds is 5. The summed E-state index contributed by atoms with van der Waals surface area (Å²) in [5, 5.41) is 11.6. The molecule has 3 aromatic rings. The summed E-state index contributed by atoms with van der Waals surface area (Å²) in [4.78, 5) is 4.00. The molecule has 102 valence electrons. The second-order valence-corrected chi connectivity index (χ2v) is 4.70. The largest absolute Gasteiger partial charge is 0.508 e. The van der Waals surface area contributed by atoms with Gasteiger partial charge in [0.05, 0.1) is 12.9 Å². The van der Waals surface area contributed by atoms with Crippen LogP contribution in [0, 0.1) is 0 Å². The van der Waals surface area contributed by atoms with E-state index in [1.54, 1.807) is 24.7 Å². The van der Waals surface area contributed by atoms with Gasteiger partial charge >= 0.3 is 0 Å². The summed E-state index contributed by atoms with van der Waals surface area (Å²) < 4.78 is 7.77. The predicted octanol–water partition coefficient (Wildman–Crippen LogP) is 3.21. The summed E-state index contributed by atoms with van der Waals surface area (Å²) in [7, 11) is 0. The minimum Gasteiger partial charge on any atom is -0.508 e. The van der Waals surface area contributed by atoms with Crippen LogP contribution in [0.5, 0.6) is 11.5 Å². The summed E-state index contributed by atoms with van der Waals surface area (Å²) in [6.45, 7) is 1.55. The number of hydrogen-bond donors (Lipinski definition) is 1. The second kappa shape index (κ2) is 5.65. The van der Waals surface area contributed by atoms with Crippen LogP contribution in [0.25, 0.3) is 10.8 Å². The van der Waals surface area contributed by atoms with Crippen LogP contribution < -0.4 is 4.74 Å². The maximum Gasteiger partial charge on any atom is 0.119 e. The first-order valence-corrected chi connectivity index (χ1v) is 6.62. The number of imidazole rings is 1. The van der Waals surface area contributed by atoms with Crippen molar-refractivity contribution in [2.75, 3.05) is 6.61 Å². The van der Waals surface area contributed by atoms with E-state index in [0.717, 1.165) is 29.5 Å². The summed E-state index contributed by atoms with van der Waals surface area (Å²) in [5.74, 6) is 1.10. The van der Waals surface area contributed by atoms with Crippen molar-refractivity contribution in [1.29, 1.82) is 0 Å². The van der Waals surface area contributed by atoms with Gasteiger partial charge in [0.25, 0.3) is 0 Å². The Hall–Kier alpha value is -2.49. The van der Waals surface area contributed by atoms with E-state index in [4.69, 9.17) is 4.74 Å². The molecule has 0 atom stereocenters. The molecule has 4 heteroatoms. The average molecular weight is 268 g/mol. The van der Waals surface area contributed by atoms with Gasteiger partial charge in [-0.1, -0.05) is 12.1 Å². The summed E-state index contributed by atoms with van der Waals surface area (Å²) in [6.07, 6.45) is 6.45. The van der Waals surface area contributed by atoms with Crippen molar-refractivity contribution < 1.29 is 9.84 Å². The van der Waals surface area contributed by atoms with Crippen LogP contribution in [0.4, 0.5) is 0 Å². The highest BCUT2D eigenvalue weighted by molar-refractivity contribution is 5.85. The zero-order valence-corrected chi connectivity index (χ0v) is 11.1. The lowest BCUT2D eigenvalue weighted by Crippen LogP contribution is -2.02. The standard InChI is InChI=1S/C16H16N2O2/c19-15-4-2-13-3-5-16(11-14(13)10-15)20-9-1-7-18-8-6-17-12-18/h2-6,8,10-12,19H,1,7,9H2. The molecule has 0 saturated heterocycles. The molecular weight excluding hydrogens is 252 g/mol. The quantitative estimate of drug-likeness (QED) is 0.723. The van der Waals surface area contributed by atoms with Crippen LogP contribution in [0.3, 0.4) is 0 Å². The fourth-order valence-electron chi connectivity index (χ4n) is 2.16. The molecule has 3 rings (SSSR count). The van der Waals surface area contributed by atoms with Crippen LogP contribution in [-0.4, -0.2) is 21.3 Å². The molecule has 0 amide bonds. The van der Waals surface area contributed by atoms with E-state index in [2.05, 4.69) is 4.98 Å². The Morgan fingerprint density at radius 3 is 2.85 bits per heavy atom. The lowest BCUT2D eigenvalue weighted by atomic mass is 10.1. The van der Waals surface area contributed by atoms with Crippen molar-refractivity contribution >= 4 is 10.8 Å². The zero-order chi connectivity index (χ0) is 13.8. The number of phenols is 1. The molecule has 0 saturated carbocycles. The summed E-state index contributed by atoms with van der Waals surface area (Å²) >= 11 is 0. The minimum atomic E-state index is 0.273. The molecule has 1 N–H and O–H groups in total. The van der Waals surface area contributed by atoms with Crippen LogP contribution in [0.2, 0.25) is 0 Å². The molecule has 0 aliphatic rings. The van der Waals surface area contributed by atoms with Crippen molar-refractivity contribution in [2.45, 2.75) is 13.0 Å². The highest BCUT2D eigenvalue weighted by atomic mass is 16.5. The fourth-order valence-corrected chi connectivity index (χ4v) is 2.16. The fraction of sp³-hybridized carbons (Fsp3) is 0.188. The maximum atomic E-state index is 9.49. The molecule has 20 heavy (non-hydrogen) atoms. The Labute approximate surface area is 117 Å². The Bertz CT molecular complexity index is 693. The van der Waals surface area contributed by atoms with E-state index in [-0.39, 0.29) is 5.75 Å². The molecule has 1 heterocycles. The Morgan fingerprint density at radius 2 is 2.00 bits per heavy atom. The highest BCUT2D eigenvalue weighted by Crippen LogP contribution is 2.24. The summed E-state index contributed by atoms with van der Waals surface area (Å²) in [5.41, 5.74) is 0. The normalized spacial score (nSPS) is 10.8. The number of hydrogen-bond acceptors (Lipinski definition) is 3. The first-order chi connectivity index (χ1) is 9.81. The van der Waals surface area contributed by atoms with E-state index in [9.17, 15) is 5.11 Å². The van der Waals surface area contributed by atoms with Crippen LogP contribution >= 0.6 is 0 Å². The third kappa shape index (κ3) is 2.91. The molecule has 4 nitrogen and oxygen atoms in total. The first kappa shape index (κ1) is 12.5. The molecule has 0 aliphatic heterocycles. The number of aryl methyl sites for hydroxylation is 1. The number of benzene rings is 2. The molecule has 0 spiro atoms. The molecular formula is C16H16N2O2. The third-order valence-corrected chi connectivity index (χ3v) is 3.18. The van der Waals surface area contributed by atoms with E-state index in [0.29, 0.717) is 6.61 Å². The van der Waals surface area contributed by atoms with Gasteiger partial charge in [-0.3, -0.25) is 0 Å². The van der Waals surface area contributed by atoms with Crippen LogP contribution in [0.1, 0.15) is 6.42 Å². The third-order valence-electron chi connectivity index (χ3n) is 3.18. The number of fused-ring (bicyclic) bond motifs is 1. The van der Waals surface area contributed by atoms with Gasteiger partial charge in [-0.25, -0.2) is 4.98 Å². The van der Waals surface area contributed by atoms with Crippen molar-refractivity contribution in [3.05, 3.63) is 55.1 Å². The van der Waals surface area contributed by atoms with Crippen molar-refractivity contribution in [3.8, 4) is 11.5 Å². The maximum absolute atomic E-state index is 9.49. The van der Waals surface area contributed by atoms with E-state index < -0.39 is 0 Å². The molecule has 0 radical (unpaired) electrons. The number of ether oxygens (including phenoxy) is 1. The molecule has 0 aliphatic carbocycles. The molecule has 1 aromatic heterocycles. The van der Waals surface area contributed by atoms with Gasteiger partial charge < -0.3 is 14.4 Å².